The SMILES string of the molecule is C1CCNCCCNCCCCNCCCNC1.[Eu+2]. The molecule has 19 heavy (non-hydrogen) atoms. The molecule has 4 N–H and O–H groups in total. The predicted molar refractivity (Wildman–Crippen MR) is 79.2 cm³/mol. The van der Waals surface area contributed by atoms with E-state index in [0.717, 1.165) is 26.2 Å². The van der Waals surface area contributed by atoms with Gasteiger partial charge >= 0.3 is 49.4 Å². The predicted octanol–water partition coefficient (Wildman–Crippen LogP) is 0.699. The molecule has 5 heteroatoms. The summed E-state index contributed by atoms with van der Waals surface area (Å²) >= 11 is 0. The molecule has 0 unspecified atom stereocenters. The van der Waals surface area contributed by atoms with Crippen LogP contribution in [0.2, 0.25) is 0 Å². The van der Waals surface area contributed by atoms with Crippen molar-refractivity contribution in [2.75, 3.05) is 52.4 Å². The summed E-state index contributed by atoms with van der Waals surface area (Å²) in [7, 11) is 0. The largest absolute Gasteiger partial charge is 2.00 e. The summed E-state index contributed by atoms with van der Waals surface area (Å²) in [4.78, 5) is 0. The molecule has 0 saturated carbocycles. The minimum Gasteiger partial charge on any atom is -0.317 e. The van der Waals surface area contributed by atoms with Gasteiger partial charge in [0.2, 0.25) is 0 Å². The van der Waals surface area contributed by atoms with Crippen LogP contribution in [0.5, 0.6) is 0 Å². The van der Waals surface area contributed by atoms with Gasteiger partial charge in [0.1, 0.15) is 0 Å². The molecule has 4 nitrogen and oxygen atoms in total. The molecule has 0 amide bonds. The Bertz CT molecular complexity index is 94.5. The van der Waals surface area contributed by atoms with Crippen LogP contribution >= 0.6 is 0 Å². The molecule has 0 aromatic heterocycles. The van der Waals surface area contributed by atoms with Crippen LogP contribution in [-0.4, -0.2) is 52.4 Å². The van der Waals surface area contributed by atoms with Crippen LogP contribution in [-0.2, 0) is 0 Å². The minimum absolute atomic E-state index is 0. The molecule has 0 aromatic carbocycles. The fourth-order valence-electron chi connectivity index (χ4n) is 2.18. The van der Waals surface area contributed by atoms with Crippen LogP contribution in [0.25, 0.3) is 0 Å². The summed E-state index contributed by atoms with van der Waals surface area (Å²) in [6.07, 6.45) is 7.65. The van der Waals surface area contributed by atoms with Crippen molar-refractivity contribution in [2.45, 2.75) is 38.5 Å². The molecule has 1 heterocycles. The number of nitrogens with one attached hydrogen (secondary N) is 4. The topological polar surface area (TPSA) is 48.1 Å². The minimum atomic E-state index is 0. The van der Waals surface area contributed by atoms with Crippen molar-refractivity contribution in [3.05, 3.63) is 0 Å². The smallest absolute Gasteiger partial charge is 0.317 e. The van der Waals surface area contributed by atoms with E-state index in [9.17, 15) is 0 Å². The van der Waals surface area contributed by atoms with Crippen LogP contribution in [0.1, 0.15) is 38.5 Å². The number of hydrogen-bond acceptors (Lipinski definition) is 4. The van der Waals surface area contributed by atoms with E-state index < -0.39 is 0 Å². The molecule has 1 aliphatic rings. The summed E-state index contributed by atoms with van der Waals surface area (Å²) in [6, 6.07) is 0. The van der Waals surface area contributed by atoms with E-state index in [4.69, 9.17) is 0 Å². The summed E-state index contributed by atoms with van der Waals surface area (Å²) in [5.41, 5.74) is 0. The fourth-order valence-corrected chi connectivity index (χ4v) is 2.18. The maximum absolute atomic E-state index is 3.51. The molecule has 113 valence electrons. The van der Waals surface area contributed by atoms with Crippen molar-refractivity contribution in [1.29, 1.82) is 0 Å². The zero-order chi connectivity index (χ0) is 12.7. The fraction of sp³-hybridized carbons (Fsp3) is 1.00. The van der Waals surface area contributed by atoms with Gasteiger partial charge in [0, 0.05) is 0 Å². The third kappa shape index (κ3) is 15.6. The van der Waals surface area contributed by atoms with Crippen LogP contribution in [0.3, 0.4) is 0 Å². The normalized spacial score (nSPS) is 22.7. The third-order valence-electron chi connectivity index (χ3n) is 3.33. The van der Waals surface area contributed by atoms with E-state index in [1.165, 1.54) is 64.7 Å². The molecule has 1 saturated heterocycles. The van der Waals surface area contributed by atoms with Gasteiger partial charge in [-0.05, 0) is 90.9 Å². The maximum Gasteiger partial charge on any atom is 2.00 e. The van der Waals surface area contributed by atoms with E-state index in [1.807, 2.05) is 0 Å². The molecular formula is C14H32EuN4+2. The quantitative estimate of drug-likeness (QED) is 0.477. The van der Waals surface area contributed by atoms with Gasteiger partial charge in [0.15, 0.2) is 0 Å². The van der Waals surface area contributed by atoms with Gasteiger partial charge < -0.3 is 21.3 Å². The van der Waals surface area contributed by atoms with E-state index in [1.54, 1.807) is 0 Å². The average molecular weight is 408 g/mol. The van der Waals surface area contributed by atoms with Crippen molar-refractivity contribution >= 4 is 0 Å². The Morgan fingerprint density at radius 2 is 0.526 bits per heavy atom. The van der Waals surface area contributed by atoms with Gasteiger partial charge in [0.05, 0.1) is 0 Å². The molecular weight excluding hydrogens is 376 g/mol. The molecule has 1 aliphatic heterocycles. The summed E-state index contributed by atoms with van der Waals surface area (Å²) < 4.78 is 0. The molecule has 1 radical (unpaired) electrons. The maximum atomic E-state index is 3.51. The Labute approximate surface area is 160 Å². The van der Waals surface area contributed by atoms with Crippen LogP contribution in [0, 0.1) is 49.4 Å². The molecule has 1 rings (SSSR count). The van der Waals surface area contributed by atoms with E-state index in [0.29, 0.717) is 0 Å². The van der Waals surface area contributed by atoms with E-state index in [2.05, 4.69) is 21.3 Å². The first-order valence-electron chi connectivity index (χ1n) is 7.83. The van der Waals surface area contributed by atoms with Gasteiger partial charge in [-0.3, -0.25) is 0 Å². The molecule has 0 aromatic rings. The Kier molecular flexibility index (Phi) is 18.8. The van der Waals surface area contributed by atoms with Crippen molar-refractivity contribution in [3.8, 4) is 0 Å². The second-order valence-corrected chi connectivity index (χ2v) is 5.12. The Balaban J connectivity index is 0.00000324. The molecule has 0 spiro atoms. The van der Waals surface area contributed by atoms with E-state index in [-0.39, 0.29) is 49.4 Å². The van der Waals surface area contributed by atoms with Crippen LogP contribution < -0.4 is 21.3 Å². The Morgan fingerprint density at radius 1 is 0.316 bits per heavy atom. The first-order chi connectivity index (χ1) is 9.00. The van der Waals surface area contributed by atoms with Gasteiger partial charge in [-0.2, -0.15) is 0 Å². The van der Waals surface area contributed by atoms with Gasteiger partial charge in [-0.15, -0.1) is 0 Å². The zero-order valence-corrected chi connectivity index (χ0v) is 14.7. The molecule has 1 fully saturated rings. The van der Waals surface area contributed by atoms with Crippen molar-refractivity contribution < 1.29 is 49.4 Å². The standard InChI is InChI=1S/C14H32N4.Eu/c1-2-8-16-12-6-14-18-10-4-3-9-17-13-5-11-15-7-1;/h15-18H,1-14H2;/q;+2. The summed E-state index contributed by atoms with van der Waals surface area (Å²) in [5, 5.41) is 14.0. The van der Waals surface area contributed by atoms with Crippen molar-refractivity contribution in [3.63, 3.8) is 0 Å². The van der Waals surface area contributed by atoms with Crippen LogP contribution in [0.15, 0.2) is 0 Å². The van der Waals surface area contributed by atoms with Gasteiger partial charge in [-0.1, -0.05) is 0 Å². The zero-order valence-electron chi connectivity index (χ0n) is 12.3. The van der Waals surface area contributed by atoms with Crippen molar-refractivity contribution in [2.24, 2.45) is 0 Å². The second kappa shape index (κ2) is 17.5. The van der Waals surface area contributed by atoms with E-state index >= 15 is 0 Å². The average Bonchev–Trinajstić information content (AvgIpc) is 2.39. The number of rotatable bonds is 0. The van der Waals surface area contributed by atoms with Gasteiger partial charge in [-0.25, -0.2) is 0 Å². The molecule has 0 atom stereocenters. The Morgan fingerprint density at radius 3 is 0.789 bits per heavy atom. The van der Waals surface area contributed by atoms with Gasteiger partial charge in [0.25, 0.3) is 0 Å². The molecule has 0 aliphatic carbocycles. The monoisotopic (exact) mass is 409 g/mol. The third-order valence-corrected chi connectivity index (χ3v) is 3.33. The summed E-state index contributed by atoms with van der Waals surface area (Å²) in [6.45, 7) is 9.30. The first kappa shape index (κ1) is 20.4. The molecule has 0 bridgehead atoms. The van der Waals surface area contributed by atoms with Crippen LogP contribution in [0.4, 0.5) is 0 Å². The summed E-state index contributed by atoms with van der Waals surface area (Å²) in [5.74, 6) is 0. The number of hydrogen-bond donors (Lipinski definition) is 4. The first-order valence-corrected chi connectivity index (χ1v) is 7.83. The Hall–Kier alpha value is 1.42. The second-order valence-electron chi connectivity index (χ2n) is 5.12. The van der Waals surface area contributed by atoms with Crippen molar-refractivity contribution in [1.82, 2.24) is 21.3 Å².